The summed E-state index contributed by atoms with van der Waals surface area (Å²) >= 11 is 0. The minimum absolute atomic E-state index is 0.201. The van der Waals surface area contributed by atoms with Crippen LogP contribution in [0.1, 0.15) is 20.8 Å². The number of hydrazone groups is 1. The summed E-state index contributed by atoms with van der Waals surface area (Å²) in [5, 5.41) is 6.25. The Kier molecular flexibility index (Phi) is 4.59. The third kappa shape index (κ3) is 2.92. The van der Waals surface area contributed by atoms with Gasteiger partial charge in [-0.25, -0.2) is 9.37 Å². The van der Waals surface area contributed by atoms with E-state index in [9.17, 15) is 9.59 Å². The van der Waals surface area contributed by atoms with Crippen LogP contribution < -0.4 is 0 Å². The number of methoxy groups -OCH3 is 1. The number of likely N-dealkylation sites (N-methyl/N-ethyl adjacent to an activating group) is 1. The van der Waals surface area contributed by atoms with E-state index in [2.05, 4.69) is 10.1 Å². The number of carbonyl (C=O) groups is 2. The highest BCUT2D eigenvalue weighted by Gasteiger charge is 2.54. The fourth-order valence-electron chi connectivity index (χ4n) is 3.26. The molecule has 0 radical (unpaired) electrons. The first-order valence-corrected chi connectivity index (χ1v) is 8.47. The van der Waals surface area contributed by atoms with Crippen LogP contribution in [0.15, 0.2) is 10.1 Å². The zero-order valence-electron chi connectivity index (χ0n) is 15.4. The lowest BCUT2D eigenvalue weighted by molar-refractivity contribution is -0.527. The first kappa shape index (κ1) is 17.5. The smallest absolute Gasteiger partial charge is 0.381 e. The molecule has 0 aromatic carbocycles. The van der Waals surface area contributed by atoms with Gasteiger partial charge in [0.05, 0.1) is 12.3 Å². The number of hydrogen-bond donors (Lipinski definition) is 0. The standard InChI is InChI=1S/C16H25N6O3/c1-10(2)8-21-14(23)12-13(19(4)16(21)24)17-15-20(12)9-11(3)18-22(15)6-7-25-5/h10,12H,6-9H2,1-5H3/q+1. The van der Waals surface area contributed by atoms with Crippen molar-refractivity contribution in [3.05, 3.63) is 0 Å². The van der Waals surface area contributed by atoms with Crippen LogP contribution in [0.3, 0.4) is 0 Å². The maximum absolute atomic E-state index is 13.0. The monoisotopic (exact) mass is 349 g/mol. The van der Waals surface area contributed by atoms with Gasteiger partial charge in [-0.1, -0.05) is 18.8 Å². The number of urea groups is 1. The molecule has 0 N–H and O–H groups in total. The molecule has 1 fully saturated rings. The Morgan fingerprint density at radius 2 is 2.08 bits per heavy atom. The molecule has 3 heterocycles. The quantitative estimate of drug-likeness (QED) is 0.656. The fourth-order valence-corrected chi connectivity index (χ4v) is 3.26. The van der Waals surface area contributed by atoms with Crippen LogP contribution in [-0.2, 0) is 9.53 Å². The molecule has 136 valence electrons. The Balaban J connectivity index is 1.96. The minimum atomic E-state index is -0.577. The Morgan fingerprint density at radius 3 is 2.72 bits per heavy atom. The van der Waals surface area contributed by atoms with Crippen LogP contribution in [-0.4, -0.2) is 95.3 Å². The third-order valence-corrected chi connectivity index (χ3v) is 4.37. The molecule has 3 aliphatic heterocycles. The number of rotatable bonds is 5. The number of fused-ring (bicyclic) bond motifs is 2. The Morgan fingerprint density at radius 1 is 1.36 bits per heavy atom. The molecular formula is C16H25N6O3+. The summed E-state index contributed by atoms with van der Waals surface area (Å²) in [6, 6.07) is -0.901. The highest BCUT2D eigenvalue weighted by Crippen LogP contribution is 2.23. The lowest BCUT2D eigenvalue weighted by atomic mass is 10.1. The number of amidine groups is 1. The lowest BCUT2D eigenvalue weighted by Gasteiger charge is -2.35. The molecule has 0 aliphatic carbocycles. The molecule has 25 heavy (non-hydrogen) atoms. The number of amides is 3. The molecule has 0 spiro atoms. The van der Waals surface area contributed by atoms with Gasteiger partial charge in [0.15, 0.2) is 0 Å². The van der Waals surface area contributed by atoms with Crippen molar-refractivity contribution in [3.63, 3.8) is 0 Å². The number of aliphatic imine (C=N–C) groups is 1. The number of nitrogens with zero attached hydrogens (tertiary/aromatic N) is 6. The van der Waals surface area contributed by atoms with Gasteiger partial charge in [0.2, 0.25) is 11.9 Å². The fraction of sp³-hybridized carbons (Fsp3) is 0.688. The Bertz CT molecular complexity index is 696. The van der Waals surface area contributed by atoms with Crippen LogP contribution in [0.2, 0.25) is 0 Å². The van der Waals surface area contributed by atoms with Gasteiger partial charge in [0, 0.05) is 20.7 Å². The molecule has 1 atom stereocenters. The van der Waals surface area contributed by atoms with E-state index in [0.717, 1.165) is 5.71 Å². The van der Waals surface area contributed by atoms with Crippen LogP contribution in [0, 0.1) is 5.92 Å². The van der Waals surface area contributed by atoms with Crippen molar-refractivity contribution in [1.29, 1.82) is 0 Å². The van der Waals surface area contributed by atoms with Crippen LogP contribution in [0.25, 0.3) is 0 Å². The van der Waals surface area contributed by atoms with Gasteiger partial charge in [0.25, 0.3) is 5.91 Å². The van der Waals surface area contributed by atoms with Gasteiger partial charge in [-0.05, 0) is 12.8 Å². The number of carbonyl (C=O) groups excluding carboxylic acids is 2. The average molecular weight is 349 g/mol. The summed E-state index contributed by atoms with van der Waals surface area (Å²) in [6.07, 6.45) is 0. The van der Waals surface area contributed by atoms with E-state index in [1.165, 1.54) is 9.80 Å². The molecule has 1 saturated heterocycles. The third-order valence-electron chi connectivity index (χ3n) is 4.37. The first-order chi connectivity index (χ1) is 11.8. The van der Waals surface area contributed by atoms with E-state index in [0.29, 0.717) is 38.0 Å². The van der Waals surface area contributed by atoms with Crippen molar-refractivity contribution >= 4 is 29.4 Å². The Hall–Kier alpha value is -2.29. The van der Waals surface area contributed by atoms with Gasteiger partial charge in [-0.2, -0.15) is 0 Å². The van der Waals surface area contributed by atoms with E-state index in [4.69, 9.17) is 4.74 Å². The zero-order chi connectivity index (χ0) is 18.3. The van der Waals surface area contributed by atoms with Crippen molar-refractivity contribution in [2.75, 3.05) is 40.4 Å². The first-order valence-electron chi connectivity index (χ1n) is 8.47. The topological polar surface area (TPSA) is 80.8 Å². The normalized spacial score (nSPS) is 23.3. The molecule has 3 rings (SSSR count). The second-order valence-corrected chi connectivity index (χ2v) is 6.94. The van der Waals surface area contributed by atoms with E-state index in [1.807, 2.05) is 25.3 Å². The summed E-state index contributed by atoms with van der Waals surface area (Å²) in [4.78, 5) is 33.0. The van der Waals surface area contributed by atoms with Crippen molar-refractivity contribution in [2.24, 2.45) is 16.0 Å². The van der Waals surface area contributed by atoms with E-state index >= 15 is 0 Å². The SMILES string of the molecule is COCCN1N=C(C)C[N+]2=C1N=C1C2C(=O)N(CC(C)C)C(=O)N1C. The predicted octanol–water partition coefficient (Wildman–Crippen LogP) is 0.0235. The highest BCUT2D eigenvalue weighted by molar-refractivity contribution is 6.23. The summed E-state index contributed by atoms with van der Waals surface area (Å²) in [5.74, 6) is 1.05. The number of hydrogen-bond acceptors (Lipinski definition) is 6. The van der Waals surface area contributed by atoms with E-state index in [-0.39, 0.29) is 17.9 Å². The van der Waals surface area contributed by atoms with E-state index in [1.54, 1.807) is 19.2 Å². The maximum atomic E-state index is 13.0. The predicted molar refractivity (Wildman–Crippen MR) is 92.8 cm³/mol. The number of ether oxygens (including phenoxy) is 1. The molecule has 0 bridgehead atoms. The van der Waals surface area contributed by atoms with Gasteiger partial charge in [-0.15, -0.1) is 10.1 Å². The largest absolute Gasteiger partial charge is 0.416 e. The molecule has 1 unspecified atom stereocenters. The zero-order valence-corrected chi connectivity index (χ0v) is 15.4. The van der Waals surface area contributed by atoms with Crippen molar-refractivity contribution < 1.29 is 18.9 Å². The highest BCUT2D eigenvalue weighted by atomic mass is 16.5. The number of imide groups is 1. The molecule has 0 aromatic heterocycles. The van der Waals surface area contributed by atoms with Crippen LogP contribution in [0.4, 0.5) is 4.79 Å². The Labute approximate surface area is 147 Å². The molecule has 9 nitrogen and oxygen atoms in total. The van der Waals surface area contributed by atoms with Crippen LogP contribution >= 0.6 is 0 Å². The molecular weight excluding hydrogens is 324 g/mol. The van der Waals surface area contributed by atoms with E-state index < -0.39 is 6.04 Å². The molecule has 9 heteroatoms. The average Bonchev–Trinajstić information content (AvgIpc) is 2.94. The molecule has 3 amide bonds. The molecule has 0 saturated carbocycles. The van der Waals surface area contributed by atoms with Crippen LogP contribution in [0.5, 0.6) is 0 Å². The van der Waals surface area contributed by atoms with Crippen molar-refractivity contribution in [3.8, 4) is 0 Å². The van der Waals surface area contributed by atoms with Gasteiger partial charge in [-0.3, -0.25) is 14.6 Å². The lowest BCUT2D eigenvalue weighted by Crippen LogP contribution is -2.63. The van der Waals surface area contributed by atoms with Gasteiger partial charge >= 0.3 is 12.0 Å². The summed E-state index contributed by atoms with van der Waals surface area (Å²) in [6.45, 7) is 7.83. The second-order valence-electron chi connectivity index (χ2n) is 6.94. The molecule has 0 aromatic rings. The minimum Gasteiger partial charge on any atom is -0.381 e. The second kappa shape index (κ2) is 6.55. The number of guanidine groups is 1. The summed E-state index contributed by atoms with van der Waals surface area (Å²) < 4.78 is 7.06. The van der Waals surface area contributed by atoms with Gasteiger partial charge < -0.3 is 4.74 Å². The summed E-state index contributed by atoms with van der Waals surface area (Å²) in [7, 11) is 3.29. The van der Waals surface area contributed by atoms with Crippen molar-refractivity contribution in [2.45, 2.75) is 26.8 Å². The van der Waals surface area contributed by atoms with Crippen molar-refractivity contribution in [1.82, 2.24) is 14.8 Å². The van der Waals surface area contributed by atoms with Gasteiger partial charge in [0.1, 0.15) is 13.1 Å². The summed E-state index contributed by atoms with van der Waals surface area (Å²) in [5.41, 5.74) is 0.888. The maximum Gasteiger partial charge on any atom is 0.416 e. The molecule has 3 aliphatic rings.